The molecule has 1 rings (SSSR count). The maximum Gasteiger partial charge on any atom is 0.330 e. The lowest BCUT2D eigenvalue weighted by molar-refractivity contribution is -0.150. The van der Waals surface area contributed by atoms with Crippen molar-refractivity contribution in [2.24, 2.45) is 0 Å². The molecule has 0 aromatic heterocycles. The minimum absolute atomic E-state index is 0.230. The summed E-state index contributed by atoms with van der Waals surface area (Å²) in [5, 5.41) is 0. The van der Waals surface area contributed by atoms with Crippen LogP contribution in [0.2, 0.25) is 42.9 Å². The molecular formula is C15H30O2Si2. The second kappa shape index (κ2) is 4.88. The quantitative estimate of drug-likeness (QED) is 0.432. The molecule has 0 spiro atoms. The Balaban J connectivity index is 3.19. The molecule has 0 unspecified atom stereocenters. The third-order valence-electron chi connectivity index (χ3n) is 6.04. The smallest absolute Gasteiger partial charge is 0.330 e. The molecule has 0 aromatic carbocycles. The summed E-state index contributed by atoms with van der Waals surface area (Å²) < 4.78 is 6.33. The molecule has 0 aromatic rings. The van der Waals surface area contributed by atoms with Gasteiger partial charge >= 0.3 is 5.97 Å². The molecular weight excluding hydrogens is 268 g/mol. The first-order valence-electron chi connectivity index (χ1n) is 7.28. The van der Waals surface area contributed by atoms with Crippen molar-refractivity contribution in [1.29, 1.82) is 0 Å². The van der Waals surface area contributed by atoms with Gasteiger partial charge in [0.05, 0.1) is 16.1 Å². The van der Waals surface area contributed by atoms with Crippen molar-refractivity contribution in [2.45, 2.75) is 75.7 Å². The van der Waals surface area contributed by atoms with Crippen LogP contribution in [0.5, 0.6) is 0 Å². The number of carbonyl (C=O) groups is 1. The highest BCUT2D eigenvalue weighted by Gasteiger charge is 2.60. The SMILES string of the molecule is C=CC(=O)OC1(CC)C[Si](C)(C)C(C)(C)[Si](C)(C)C1. The molecule has 0 saturated carbocycles. The second-order valence-electron chi connectivity index (χ2n) is 7.91. The average molecular weight is 299 g/mol. The van der Waals surface area contributed by atoms with Gasteiger partial charge in [0, 0.05) is 6.08 Å². The number of carbonyl (C=O) groups excluding carboxylic acids is 1. The van der Waals surface area contributed by atoms with E-state index in [0.717, 1.165) is 18.5 Å². The summed E-state index contributed by atoms with van der Waals surface area (Å²) in [7, 11) is -2.88. The van der Waals surface area contributed by atoms with Gasteiger partial charge in [0.1, 0.15) is 5.60 Å². The highest BCUT2D eigenvalue weighted by Crippen LogP contribution is 2.58. The monoisotopic (exact) mass is 298 g/mol. The van der Waals surface area contributed by atoms with E-state index in [4.69, 9.17) is 4.74 Å². The molecule has 1 aliphatic heterocycles. The van der Waals surface area contributed by atoms with Crippen LogP contribution >= 0.6 is 0 Å². The van der Waals surface area contributed by atoms with E-state index in [1.165, 1.54) is 6.08 Å². The van der Waals surface area contributed by atoms with Crippen molar-refractivity contribution in [3.8, 4) is 0 Å². The zero-order valence-electron chi connectivity index (χ0n) is 13.7. The zero-order valence-corrected chi connectivity index (χ0v) is 15.7. The van der Waals surface area contributed by atoms with Crippen molar-refractivity contribution in [2.75, 3.05) is 0 Å². The molecule has 0 atom stereocenters. The fraction of sp³-hybridized carbons (Fsp3) is 0.800. The van der Waals surface area contributed by atoms with Crippen LogP contribution in [0.15, 0.2) is 12.7 Å². The maximum atomic E-state index is 11.7. The van der Waals surface area contributed by atoms with E-state index in [1.54, 1.807) is 0 Å². The van der Waals surface area contributed by atoms with Crippen LogP contribution in [-0.2, 0) is 9.53 Å². The van der Waals surface area contributed by atoms with Crippen molar-refractivity contribution >= 4 is 22.1 Å². The molecule has 0 radical (unpaired) electrons. The molecule has 1 fully saturated rings. The van der Waals surface area contributed by atoms with Crippen LogP contribution in [0, 0.1) is 0 Å². The van der Waals surface area contributed by atoms with Gasteiger partial charge in [0.2, 0.25) is 0 Å². The fourth-order valence-corrected chi connectivity index (χ4v) is 16.8. The molecule has 2 nitrogen and oxygen atoms in total. The number of hydrogen-bond acceptors (Lipinski definition) is 2. The molecule has 110 valence electrons. The Morgan fingerprint density at radius 2 is 1.63 bits per heavy atom. The topological polar surface area (TPSA) is 26.3 Å². The summed E-state index contributed by atoms with van der Waals surface area (Å²) in [5.74, 6) is -0.254. The first kappa shape index (κ1) is 16.7. The summed E-state index contributed by atoms with van der Waals surface area (Å²) in [6, 6.07) is 2.17. The van der Waals surface area contributed by atoms with Crippen molar-refractivity contribution in [3.05, 3.63) is 12.7 Å². The first-order chi connectivity index (χ1) is 8.43. The van der Waals surface area contributed by atoms with Crippen LogP contribution in [-0.4, -0.2) is 27.7 Å². The highest BCUT2D eigenvalue weighted by molar-refractivity contribution is 7.00. The molecule has 0 amide bonds. The molecule has 1 heterocycles. The molecule has 0 N–H and O–H groups in total. The van der Waals surface area contributed by atoms with Gasteiger partial charge in [-0.15, -0.1) is 0 Å². The molecule has 1 saturated heterocycles. The summed E-state index contributed by atoms with van der Waals surface area (Å²) in [6.07, 6.45) is 2.23. The predicted octanol–water partition coefficient (Wildman–Crippen LogP) is 4.61. The molecule has 19 heavy (non-hydrogen) atoms. The average Bonchev–Trinajstić information content (AvgIpc) is 2.25. The lowest BCUT2D eigenvalue weighted by Gasteiger charge is -2.60. The van der Waals surface area contributed by atoms with Crippen LogP contribution in [0.25, 0.3) is 0 Å². The van der Waals surface area contributed by atoms with E-state index in [9.17, 15) is 4.79 Å². The highest BCUT2D eigenvalue weighted by atomic mass is 28.4. The first-order valence-corrected chi connectivity index (χ1v) is 13.7. The van der Waals surface area contributed by atoms with E-state index in [0.29, 0.717) is 4.66 Å². The van der Waals surface area contributed by atoms with Crippen molar-refractivity contribution in [3.63, 3.8) is 0 Å². The largest absolute Gasteiger partial charge is 0.457 e. The van der Waals surface area contributed by atoms with Crippen molar-refractivity contribution < 1.29 is 9.53 Å². The fourth-order valence-electron chi connectivity index (χ4n) is 3.68. The lowest BCUT2D eigenvalue weighted by Crippen LogP contribution is -2.65. The van der Waals surface area contributed by atoms with Gasteiger partial charge in [0.25, 0.3) is 0 Å². The Hall–Kier alpha value is -0.356. The Kier molecular flexibility index (Phi) is 4.29. The Morgan fingerprint density at radius 1 is 1.21 bits per heavy atom. The number of ether oxygens (including phenoxy) is 1. The molecule has 1 aliphatic rings. The summed E-state index contributed by atoms with van der Waals surface area (Å²) in [4.78, 5) is 11.7. The minimum atomic E-state index is -1.44. The van der Waals surface area contributed by atoms with Crippen molar-refractivity contribution in [1.82, 2.24) is 0 Å². The Morgan fingerprint density at radius 3 is 1.95 bits per heavy atom. The van der Waals surface area contributed by atoms with E-state index < -0.39 is 16.1 Å². The van der Waals surface area contributed by atoms with Crippen LogP contribution in [0.3, 0.4) is 0 Å². The zero-order chi connectivity index (χ0) is 15.1. The van der Waals surface area contributed by atoms with E-state index in [-0.39, 0.29) is 11.6 Å². The summed E-state index contributed by atoms with van der Waals surface area (Å²) >= 11 is 0. The van der Waals surface area contributed by atoms with Gasteiger partial charge in [-0.25, -0.2) is 4.79 Å². The molecule has 0 aliphatic carbocycles. The van der Waals surface area contributed by atoms with Gasteiger partial charge in [-0.2, -0.15) is 0 Å². The van der Waals surface area contributed by atoms with Crippen LogP contribution in [0.4, 0.5) is 0 Å². The Bertz CT molecular complexity index is 364. The van der Waals surface area contributed by atoms with Gasteiger partial charge < -0.3 is 4.74 Å². The number of esters is 1. The summed E-state index contributed by atoms with van der Waals surface area (Å²) in [5.41, 5.74) is -0.230. The number of hydrogen-bond donors (Lipinski definition) is 0. The van der Waals surface area contributed by atoms with E-state index in [1.807, 2.05) is 0 Å². The predicted molar refractivity (Wildman–Crippen MR) is 87.9 cm³/mol. The molecule has 4 heteroatoms. The lowest BCUT2D eigenvalue weighted by atomic mass is 10.1. The third-order valence-corrected chi connectivity index (χ3v) is 19.9. The minimum Gasteiger partial charge on any atom is -0.457 e. The van der Waals surface area contributed by atoms with Crippen LogP contribution in [0.1, 0.15) is 27.2 Å². The van der Waals surface area contributed by atoms with Gasteiger partial charge in [-0.05, 0) is 23.2 Å². The number of rotatable bonds is 3. The Labute approximate surface area is 120 Å². The standard InChI is InChI=1S/C15H30O2Si2/c1-9-13(16)17-15(10-2)11-18(5,6)14(3,4)19(7,8)12-15/h9H,1,10-12H2,2-8H3. The third kappa shape index (κ3) is 2.75. The normalized spacial score (nSPS) is 26.5. The van der Waals surface area contributed by atoms with Gasteiger partial charge in [-0.3, -0.25) is 0 Å². The summed E-state index contributed by atoms with van der Waals surface area (Å²) in [6.45, 7) is 20.5. The van der Waals surface area contributed by atoms with E-state index >= 15 is 0 Å². The van der Waals surface area contributed by atoms with Crippen LogP contribution < -0.4 is 0 Å². The van der Waals surface area contributed by atoms with E-state index in [2.05, 4.69) is 53.5 Å². The van der Waals surface area contributed by atoms with Gasteiger partial charge in [0.15, 0.2) is 0 Å². The maximum absolute atomic E-state index is 11.7. The second-order valence-corrected chi connectivity index (χ2v) is 19.2. The van der Waals surface area contributed by atoms with Gasteiger partial charge in [-0.1, -0.05) is 53.5 Å². The molecule has 0 bridgehead atoms.